The van der Waals surface area contributed by atoms with E-state index >= 15 is 0 Å². The van der Waals surface area contributed by atoms with Crippen LogP contribution in [-0.4, -0.2) is 37.0 Å². The first-order chi connectivity index (χ1) is 12.8. The Morgan fingerprint density at radius 1 is 1.22 bits per heavy atom. The Labute approximate surface area is 156 Å². The van der Waals surface area contributed by atoms with Crippen molar-refractivity contribution in [2.45, 2.75) is 19.9 Å². The molecule has 8 heteroatoms. The predicted molar refractivity (Wildman–Crippen MR) is 98.1 cm³/mol. The van der Waals surface area contributed by atoms with Crippen LogP contribution < -0.4 is 20.8 Å². The van der Waals surface area contributed by atoms with Crippen molar-refractivity contribution >= 4 is 11.7 Å². The fraction of sp³-hybridized carbons (Fsp3) is 0.316. The van der Waals surface area contributed by atoms with Crippen molar-refractivity contribution in [3.8, 4) is 11.5 Å². The summed E-state index contributed by atoms with van der Waals surface area (Å²) in [6.45, 7) is 3.42. The third-order valence-corrected chi connectivity index (χ3v) is 3.82. The van der Waals surface area contributed by atoms with Crippen molar-refractivity contribution in [2.75, 3.05) is 20.2 Å². The molecule has 27 heavy (non-hydrogen) atoms. The number of amides is 1. The molecule has 1 amide bonds. The zero-order chi connectivity index (χ0) is 20.0. The molecule has 0 spiro atoms. The number of hydrogen-bond donors (Lipinski definition) is 3. The average Bonchev–Trinajstić information content (AvgIpc) is 2.64. The maximum atomic E-state index is 13.0. The second-order valence-electron chi connectivity index (χ2n) is 5.90. The standard InChI is InChI=1S/C19H22N2O6/c1-11-10-15(23)18(25)19(27-11)16(21-9-8-20-12(2)22)17(24)13-4-6-14(26-3)7-5-13/h4-7,10,16,21,25H,8-9H2,1-3H3,(H,20,22). The molecule has 1 aromatic carbocycles. The van der Waals surface area contributed by atoms with E-state index in [-0.39, 0.29) is 30.5 Å². The quantitative estimate of drug-likeness (QED) is 0.471. The Bertz CT molecular complexity index is 873. The van der Waals surface area contributed by atoms with Gasteiger partial charge in [0.25, 0.3) is 0 Å². The van der Waals surface area contributed by atoms with Gasteiger partial charge in [-0.05, 0) is 31.2 Å². The number of nitrogens with one attached hydrogen (secondary N) is 2. The normalized spacial score (nSPS) is 11.7. The Kier molecular flexibility index (Phi) is 6.73. The summed E-state index contributed by atoms with van der Waals surface area (Å²) in [7, 11) is 1.52. The van der Waals surface area contributed by atoms with Crippen LogP contribution in [0.1, 0.15) is 34.8 Å². The number of hydrogen-bond acceptors (Lipinski definition) is 7. The molecule has 1 aromatic heterocycles. The van der Waals surface area contributed by atoms with Gasteiger partial charge in [0, 0.05) is 31.6 Å². The van der Waals surface area contributed by atoms with Gasteiger partial charge in [0.15, 0.2) is 11.5 Å². The molecule has 144 valence electrons. The Balaban J connectivity index is 2.35. The van der Waals surface area contributed by atoms with Crippen LogP contribution in [0, 0.1) is 6.92 Å². The van der Waals surface area contributed by atoms with E-state index in [1.165, 1.54) is 14.0 Å². The van der Waals surface area contributed by atoms with Gasteiger partial charge in [0.1, 0.15) is 17.6 Å². The lowest BCUT2D eigenvalue weighted by Gasteiger charge is -2.18. The first-order valence-corrected chi connectivity index (χ1v) is 8.33. The number of aryl methyl sites for hydroxylation is 1. The number of benzene rings is 1. The molecule has 0 saturated carbocycles. The van der Waals surface area contributed by atoms with Gasteiger partial charge in [-0.15, -0.1) is 0 Å². The van der Waals surface area contributed by atoms with E-state index < -0.39 is 23.0 Å². The molecule has 0 aliphatic carbocycles. The van der Waals surface area contributed by atoms with Crippen LogP contribution in [0.15, 0.2) is 39.5 Å². The Morgan fingerprint density at radius 2 is 1.89 bits per heavy atom. The summed E-state index contributed by atoms with van der Waals surface area (Å²) >= 11 is 0. The summed E-state index contributed by atoms with van der Waals surface area (Å²) in [5.41, 5.74) is -0.290. The van der Waals surface area contributed by atoms with Gasteiger partial charge in [-0.1, -0.05) is 0 Å². The number of carbonyl (C=O) groups excluding carboxylic acids is 2. The first-order valence-electron chi connectivity index (χ1n) is 8.33. The fourth-order valence-electron chi connectivity index (χ4n) is 2.50. The summed E-state index contributed by atoms with van der Waals surface area (Å²) in [4.78, 5) is 35.9. The molecule has 1 unspecified atom stereocenters. The Morgan fingerprint density at radius 3 is 2.48 bits per heavy atom. The lowest BCUT2D eigenvalue weighted by molar-refractivity contribution is -0.118. The highest BCUT2D eigenvalue weighted by Crippen LogP contribution is 2.26. The number of aromatic hydroxyl groups is 1. The predicted octanol–water partition coefficient (Wildman–Crippen LogP) is 1.31. The molecule has 0 radical (unpaired) electrons. The molecule has 0 fully saturated rings. The molecule has 3 N–H and O–H groups in total. The van der Waals surface area contributed by atoms with Crippen molar-refractivity contribution in [3.05, 3.63) is 57.6 Å². The highest BCUT2D eigenvalue weighted by atomic mass is 16.5. The minimum Gasteiger partial charge on any atom is -0.502 e. The summed E-state index contributed by atoms with van der Waals surface area (Å²) in [5, 5.41) is 15.7. The molecular weight excluding hydrogens is 352 g/mol. The van der Waals surface area contributed by atoms with Crippen molar-refractivity contribution in [1.29, 1.82) is 0 Å². The van der Waals surface area contributed by atoms with Gasteiger partial charge in [-0.2, -0.15) is 0 Å². The molecule has 0 aliphatic heterocycles. The number of ketones is 1. The number of Topliss-reactive ketones (excluding diaryl/α,β-unsaturated/α-hetero) is 1. The van der Waals surface area contributed by atoms with Crippen molar-refractivity contribution in [1.82, 2.24) is 10.6 Å². The van der Waals surface area contributed by atoms with Crippen molar-refractivity contribution in [2.24, 2.45) is 0 Å². The highest BCUT2D eigenvalue weighted by Gasteiger charge is 2.28. The maximum absolute atomic E-state index is 13.0. The van der Waals surface area contributed by atoms with Crippen molar-refractivity contribution < 1.29 is 23.8 Å². The average molecular weight is 374 g/mol. The third kappa shape index (κ3) is 5.18. The van der Waals surface area contributed by atoms with Gasteiger partial charge < -0.3 is 19.6 Å². The monoisotopic (exact) mass is 374 g/mol. The molecule has 8 nitrogen and oxygen atoms in total. The minimum absolute atomic E-state index is 0.163. The van der Waals surface area contributed by atoms with Crippen LogP contribution in [0.2, 0.25) is 0 Å². The van der Waals surface area contributed by atoms with E-state index in [0.29, 0.717) is 11.3 Å². The van der Waals surface area contributed by atoms with E-state index in [2.05, 4.69) is 10.6 Å². The van der Waals surface area contributed by atoms with Gasteiger partial charge >= 0.3 is 0 Å². The maximum Gasteiger partial charge on any atom is 0.227 e. The van der Waals surface area contributed by atoms with E-state index in [1.807, 2.05) is 0 Å². The topological polar surface area (TPSA) is 118 Å². The van der Waals surface area contributed by atoms with E-state index in [4.69, 9.17) is 9.15 Å². The molecule has 0 bridgehead atoms. The second-order valence-corrected chi connectivity index (χ2v) is 5.90. The van der Waals surface area contributed by atoms with Gasteiger partial charge in [0.2, 0.25) is 17.1 Å². The van der Waals surface area contributed by atoms with Gasteiger partial charge in [-0.3, -0.25) is 19.7 Å². The fourth-order valence-corrected chi connectivity index (χ4v) is 2.50. The van der Waals surface area contributed by atoms with Crippen LogP contribution >= 0.6 is 0 Å². The van der Waals surface area contributed by atoms with E-state index in [1.54, 1.807) is 31.2 Å². The molecule has 1 atom stereocenters. The SMILES string of the molecule is COc1ccc(C(=O)C(NCCNC(C)=O)c2oc(C)cc(=O)c2O)cc1. The summed E-state index contributed by atoms with van der Waals surface area (Å²) in [5.74, 6) is -0.539. The van der Waals surface area contributed by atoms with Crippen molar-refractivity contribution in [3.63, 3.8) is 0 Å². The van der Waals surface area contributed by atoms with Crippen LogP contribution in [-0.2, 0) is 4.79 Å². The number of ether oxygens (including phenoxy) is 1. The summed E-state index contributed by atoms with van der Waals surface area (Å²) in [6, 6.07) is 6.47. The molecule has 2 aromatic rings. The zero-order valence-electron chi connectivity index (χ0n) is 15.4. The molecule has 1 heterocycles. The second kappa shape index (κ2) is 9.00. The molecule has 2 rings (SSSR count). The van der Waals surface area contributed by atoms with E-state index in [9.17, 15) is 19.5 Å². The van der Waals surface area contributed by atoms with Gasteiger partial charge in [-0.25, -0.2) is 0 Å². The highest BCUT2D eigenvalue weighted by molar-refractivity contribution is 6.00. The summed E-state index contributed by atoms with van der Waals surface area (Å²) < 4.78 is 10.6. The first kappa shape index (κ1) is 20.2. The Hall–Kier alpha value is -3.13. The number of methoxy groups -OCH3 is 1. The smallest absolute Gasteiger partial charge is 0.227 e. The van der Waals surface area contributed by atoms with Crippen LogP contribution in [0.3, 0.4) is 0 Å². The number of carbonyl (C=O) groups is 2. The molecule has 0 saturated heterocycles. The van der Waals surface area contributed by atoms with Crippen LogP contribution in [0.5, 0.6) is 11.5 Å². The zero-order valence-corrected chi connectivity index (χ0v) is 15.4. The van der Waals surface area contributed by atoms with Crippen LogP contribution in [0.4, 0.5) is 0 Å². The molecular formula is C19H22N2O6. The van der Waals surface area contributed by atoms with E-state index in [0.717, 1.165) is 6.07 Å². The summed E-state index contributed by atoms with van der Waals surface area (Å²) in [6.07, 6.45) is 0. The van der Waals surface area contributed by atoms with Crippen LogP contribution in [0.25, 0.3) is 0 Å². The number of rotatable bonds is 8. The lowest BCUT2D eigenvalue weighted by atomic mass is 10.0. The molecule has 0 aliphatic rings. The lowest BCUT2D eigenvalue weighted by Crippen LogP contribution is -2.36. The largest absolute Gasteiger partial charge is 0.502 e. The van der Waals surface area contributed by atoms with Gasteiger partial charge in [0.05, 0.1) is 7.11 Å². The minimum atomic E-state index is -1.10. The third-order valence-electron chi connectivity index (χ3n) is 3.82.